The first-order valence-electron chi connectivity index (χ1n) is 12.9. The molecule has 4 rings (SSSR count). The van der Waals surface area contributed by atoms with Crippen LogP contribution in [0.25, 0.3) is 10.9 Å². The number of H-pyrrole nitrogens is 1. The summed E-state index contributed by atoms with van der Waals surface area (Å²) in [5.74, 6) is 2.13. The monoisotopic (exact) mass is 482 g/mol. The molecule has 36 heavy (non-hydrogen) atoms. The molecule has 0 saturated carbocycles. The Morgan fingerprint density at radius 2 is 1.67 bits per heavy atom. The topological polar surface area (TPSA) is 45.3 Å². The van der Waals surface area contributed by atoms with E-state index in [9.17, 15) is 4.79 Å². The molecule has 4 aromatic rings. The van der Waals surface area contributed by atoms with Gasteiger partial charge in [0.05, 0.1) is 0 Å². The molecule has 4 nitrogen and oxygen atoms in total. The maximum atomic E-state index is 13.5. The fraction of sp³-hybridized carbons (Fsp3) is 0.344. The summed E-state index contributed by atoms with van der Waals surface area (Å²) in [6.07, 6.45) is 4.47. The number of hydrogen-bond acceptors (Lipinski definition) is 2. The Bertz CT molecular complexity index is 1270. The fourth-order valence-electron chi connectivity index (χ4n) is 4.98. The quantitative estimate of drug-likeness (QED) is 0.249. The predicted octanol–water partition coefficient (Wildman–Crippen LogP) is 7.99. The van der Waals surface area contributed by atoms with Crippen molar-refractivity contribution in [2.45, 2.75) is 53.5 Å². The van der Waals surface area contributed by atoms with E-state index in [2.05, 4.69) is 63.1 Å². The number of nitrogens with zero attached hydrogens (tertiary/aromatic N) is 1. The number of hydrogen-bond donors (Lipinski definition) is 1. The summed E-state index contributed by atoms with van der Waals surface area (Å²) in [6, 6.07) is 26.2. The zero-order valence-electron chi connectivity index (χ0n) is 22.0. The molecule has 0 aliphatic heterocycles. The minimum atomic E-state index is 0.206. The lowest BCUT2D eigenvalue weighted by atomic mass is 9.84. The van der Waals surface area contributed by atoms with Crippen molar-refractivity contribution in [3.8, 4) is 11.5 Å². The number of carbonyl (C=O) groups is 1. The summed E-state index contributed by atoms with van der Waals surface area (Å²) >= 11 is 0. The van der Waals surface area contributed by atoms with E-state index in [4.69, 9.17) is 4.74 Å². The lowest BCUT2D eigenvalue weighted by Gasteiger charge is -2.27. The second kappa shape index (κ2) is 11.5. The van der Waals surface area contributed by atoms with Crippen LogP contribution in [0.3, 0.4) is 0 Å². The van der Waals surface area contributed by atoms with Crippen molar-refractivity contribution in [2.75, 3.05) is 6.54 Å². The number of aromatic nitrogens is 1. The number of amides is 1. The smallest absolute Gasteiger partial charge is 0.223 e. The average Bonchev–Trinajstić information content (AvgIpc) is 3.24. The summed E-state index contributed by atoms with van der Waals surface area (Å²) in [4.78, 5) is 18.9. The lowest BCUT2D eigenvalue weighted by Crippen LogP contribution is -2.34. The Hall–Kier alpha value is -3.53. The molecule has 0 radical (unpaired) electrons. The maximum Gasteiger partial charge on any atom is 0.223 e. The van der Waals surface area contributed by atoms with Gasteiger partial charge in [0.2, 0.25) is 5.91 Å². The number of para-hydroxylation sites is 2. The second-order valence-corrected chi connectivity index (χ2v) is 11.1. The normalized spacial score (nSPS) is 12.4. The molecule has 0 aliphatic carbocycles. The first-order valence-corrected chi connectivity index (χ1v) is 12.9. The van der Waals surface area contributed by atoms with Gasteiger partial charge in [0, 0.05) is 36.6 Å². The van der Waals surface area contributed by atoms with Crippen molar-refractivity contribution in [3.63, 3.8) is 0 Å². The number of ether oxygens (including phenoxy) is 1. The third kappa shape index (κ3) is 7.24. The Kier molecular flexibility index (Phi) is 8.14. The summed E-state index contributed by atoms with van der Waals surface area (Å²) in [6.45, 7) is 10.1. The van der Waals surface area contributed by atoms with Crippen molar-refractivity contribution >= 4 is 16.8 Å². The van der Waals surface area contributed by atoms with Crippen molar-refractivity contribution in [2.24, 2.45) is 11.3 Å². The molecule has 0 aliphatic rings. The largest absolute Gasteiger partial charge is 0.457 e. The Morgan fingerprint density at radius 3 is 2.44 bits per heavy atom. The van der Waals surface area contributed by atoms with Crippen molar-refractivity contribution < 1.29 is 9.53 Å². The van der Waals surface area contributed by atoms with Gasteiger partial charge in [-0.1, -0.05) is 76.2 Å². The van der Waals surface area contributed by atoms with Crippen molar-refractivity contribution in [1.29, 1.82) is 0 Å². The van der Waals surface area contributed by atoms with Gasteiger partial charge in [0.1, 0.15) is 11.5 Å². The number of aromatic amines is 1. The zero-order chi connectivity index (χ0) is 25.5. The molecule has 1 unspecified atom stereocenters. The van der Waals surface area contributed by atoms with Crippen LogP contribution < -0.4 is 4.74 Å². The molecule has 1 aromatic heterocycles. The standard InChI is InChI=1S/C32H38N2O2/c1-24(21-32(2,3)4)19-31(35)34(18-17-26-22-33-30-16-9-8-15-29(26)30)23-25-11-10-14-28(20-25)36-27-12-6-5-7-13-27/h5-16,20,22,24,33H,17-19,21,23H2,1-4H3. The molecule has 4 heteroatoms. The van der Waals surface area contributed by atoms with Crippen LogP contribution in [0, 0.1) is 11.3 Å². The molecule has 1 heterocycles. The molecule has 1 amide bonds. The second-order valence-electron chi connectivity index (χ2n) is 11.1. The lowest BCUT2D eigenvalue weighted by molar-refractivity contribution is -0.132. The third-order valence-corrected chi connectivity index (χ3v) is 6.41. The van der Waals surface area contributed by atoms with E-state index in [1.165, 1.54) is 10.9 Å². The van der Waals surface area contributed by atoms with Crippen LogP contribution in [0.15, 0.2) is 85.1 Å². The van der Waals surface area contributed by atoms with Crippen LogP contribution in [-0.4, -0.2) is 22.3 Å². The first kappa shape index (κ1) is 25.6. The van der Waals surface area contributed by atoms with E-state index in [0.29, 0.717) is 25.4 Å². The van der Waals surface area contributed by atoms with E-state index in [1.54, 1.807) is 0 Å². The van der Waals surface area contributed by atoms with Crippen LogP contribution in [0.4, 0.5) is 0 Å². The SMILES string of the molecule is CC(CC(=O)N(CCc1c[nH]c2ccccc12)Cc1cccc(Oc2ccccc2)c1)CC(C)(C)C. The van der Waals surface area contributed by atoms with Crippen LogP contribution >= 0.6 is 0 Å². The highest BCUT2D eigenvalue weighted by atomic mass is 16.5. The van der Waals surface area contributed by atoms with Crippen molar-refractivity contribution in [1.82, 2.24) is 9.88 Å². The molecule has 1 atom stereocenters. The van der Waals surface area contributed by atoms with E-state index >= 15 is 0 Å². The Balaban J connectivity index is 1.50. The van der Waals surface area contributed by atoms with Gasteiger partial charge in [-0.15, -0.1) is 0 Å². The number of carbonyl (C=O) groups excluding carboxylic acids is 1. The van der Waals surface area contributed by atoms with Crippen LogP contribution in [-0.2, 0) is 17.8 Å². The highest BCUT2D eigenvalue weighted by Crippen LogP contribution is 2.27. The Morgan fingerprint density at radius 1 is 0.944 bits per heavy atom. The minimum Gasteiger partial charge on any atom is -0.457 e. The molecule has 3 aromatic carbocycles. The molecule has 0 saturated heterocycles. The molecular weight excluding hydrogens is 444 g/mol. The summed E-state index contributed by atoms with van der Waals surface area (Å²) < 4.78 is 6.04. The fourth-order valence-corrected chi connectivity index (χ4v) is 4.98. The van der Waals surface area contributed by atoms with E-state index in [1.807, 2.05) is 59.5 Å². The number of rotatable bonds is 10. The van der Waals surface area contributed by atoms with Gasteiger partial charge in [0.15, 0.2) is 0 Å². The molecule has 0 fully saturated rings. The summed E-state index contributed by atoms with van der Waals surface area (Å²) in [7, 11) is 0. The third-order valence-electron chi connectivity index (χ3n) is 6.41. The van der Waals surface area contributed by atoms with E-state index < -0.39 is 0 Å². The summed E-state index contributed by atoms with van der Waals surface area (Å²) in [5, 5.41) is 1.23. The van der Waals surface area contributed by atoms with E-state index in [0.717, 1.165) is 35.4 Å². The number of benzene rings is 3. The Labute approximate surface area is 215 Å². The molecule has 0 bridgehead atoms. The van der Waals surface area contributed by atoms with Crippen LogP contribution in [0.5, 0.6) is 11.5 Å². The number of nitrogens with one attached hydrogen (secondary N) is 1. The van der Waals surface area contributed by atoms with Crippen molar-refractivity contribution in [3.05, 3.63) is 96.2 Å². The molecule has 188 valence electrons. The predicted molar refractivity (Wildman–Crippen MR) is 148 cm³/mol. The highest BCUT2D eigenvalue weighted by Gasteiger charge is 2.22. The average molecular weight is 483 g/mol. The van der Waals surface area contributed by atoms with Gasteiger partial charge >= 0.3 is 0 Å². The summed E-state index contributed by atoms with van der Waals surface area (Å²) in [5.41, 5.74) is 3.65. The van der Waals surface area contributed by atoms with Crippen LogP contribution in [0.1, 0.15) is 51.7 Å². The van der Waals surface area contributed by atoms with Gasteiger partial charge in [-0.2, -0.15) is 0 Å². The van der Waals surface area contributed by atoms with Gasteiger partial charge in [-0.25, -0.2) is 0 Å². The van der Waals surface area contributed by atoms with E-state index in [-0.39, 0.29) is 11.3 Å². The molecular formula is C32H38N2O2. The molecule has 1 N–H and O–H groups in total. The number of fused-ring (bicyclic) bond motifs is 1. The minimum absolute atomic E-state index is 0.206. The van der Waals surface area contributed by atoms with Gasteiger partial charge in [0.25, 0.3) is 0 Å². The highest BCUT2D eigenvalue weighted by molar-refractivity contribution is 5.83. The van der Waals surface area contributed by atoms with Crippen LogP contribution in [0.2, 0.25) is 0 Å². The van der Waals surface area contributed by atoms with Gasteiger partial charge in [-0.3, -0.25) is 4.79 Å². The molecule has 0 spiro atoms. The zero-order valence-corrected chi connectivity index (χ0v) is 22.0. The maximum absolute atomic E-state index is 13.5. The first-order chi connectivity index (χ1) is 17.3. The van der Waals surface area contributed by atoms with Gasteiger partial charge < -0.3 is 14.6 Å². The van der Waals surface area contributed by atoms with Gasteiger partial charge in [-0.05, 0) is 65.6 Å².